The van der Waals surface area contributed by atoms with Crippen LogP contribution in [-0.2, 0) is 0 Å². The molecule has 0 atom stereocenters. The summed E-state index contributed by atoms with van der Waals surface area (Å²) in [6, 6.07) is 17.5. The molecule has 31 heavy (non-hydrogen) atoms. The standard InChI is InChI=1S/C25H26N4O2/c30-25(29-15-13-28(14-16-29)24-6-2-4-12-27-24)20-9-10-23(31-18-19-7-8-19)21(17-20)22-5-1-3-11-26-22/h1-6,9-12,17,19H,7-8,13-16,18H2. The summed E-state index contributed by atoms with van der Waals surface area (Å²) < 4.78 is 6.08. The Morgan fingerprint density at radius 1 is 0.935 bits per heavy atom. The van der Waals surface area contributed by atoms with Crippen LogP contribution in [0, 0.1) is 5.92 Å². The predicted octanol–water partition coefficient (Wildman–Crippen LogP) is 3.89. The maximum Gasteiger partial charge on any atom is 0.254 e. The van der Waals surface area contributed by atoms with Gasteiger partial charge in [-0.25, -0.2) is 4.98 Å². The molecule has 0 radical (unpaired) electrons. The molecule has 0 bridgehead atoms. The average Bonchev–Trinajstić information content (AvgIpc) is 3.68. The second kappa shape index (κ2) is 8.76. The van der Waals surface area contributed by atoms with Crippen LogP contribution in [0.2, 0.25) is 0 Å². The molecule has 2 aliphatic rings. The van der Waals surface area contributed by atoms with Gasteiger partial charge in [-0.2, -0.15) is 0 Å². The summed E-state index contributed by atoms with van der Waals surface area (Å²) in [5.74, 6) is 2.46. The molecule has 1 amide bonds. The Bertz CT molecular complexity index is 1030. The highest BCUT2D eigenvalue weighted by atomic mass is 16.5. The van der Waals surface area contributed by atoms with Gasteiger partial charge < -0.3 is 14.5 Å². The molecule has 2 fully saturated rings. The number of ether oxygens (including phenoxy) is 1. The number of hydrogen-bond donors (Lipinski definition) is 0. The largest absolute Gasteiger partial charge is 0.493 e. The summed E-state index contributed by atoms with van der Waals surface area (Å²) >= 11 is 0. The Labute approximate surface area is 182 Å². The number of carbonyl (C=O) groups excluding carboxylic acids is 1. The molecule has 1 saturated carbocycles. The highest BCUT2D eigenvalue weighted by Gasteiger charge is 2.25. The van der Waals surface area contributed by atoms with Gasteiger partial charge in [-0.05, 0) is 61.2 Å². The fraction of sp³-hybridized carbons (Fsp3) is 0.320. The summed E-state index contributed by atoms with van der Waals surface area (Å²) in [4.78, 5) is 26.3. The molecular formula is C25H26N4O2. The number of rotatable bonds is 6. The van der Waals surface area contributed by atoms with E-state index < -0.39 is 0 Å². The molecule has 1 aliphatic heterocycles. The summed E-state index contributed by atoms with van der Waals surface area (Å²) in [6.45, 7) is 3.63. The molecule has 6 heteroatoms. The number of piperazine rings is 1. The monoisotopic (exact) mass is 414 g/mol. The highest BCUT2D eigenvalue weighted by molar-refractivity contribution is 5.96. The highest BCUT2D eigenvalue weighted by Crippen LogP contribution is 2.34. The molecule has 0 spiro atoms. The summed E-state index contributed by atoms with van der Waals surface area (Å²) in [5, 5.41) is 0. The van der Waals surface area contributed by atoms with Crippen molar-refractivity contribution in [3.8, 4) is 17.0 Å². The van der Waals surface area contributed by atoms with E-state index in [0.717, 1.165) is 42.5 Å². The van der Waals surface area contributed by atoms with Crippen LogP contribution in [0.15, 0.2) is 67.0 Å². The third kappa shape index (κ3) is 4.53. The molecule has 1 saturated heterocycles. The first kappa shape index (κ1) is 19.5. The zero-order valence-corrected chi connectivity index (χ0v) is 17.5. The quantitative estimate of drug-likeness (QED) is 0.612. The minimum absolute atomic E-state index is 0.0478. The van der Waals surface area contributed by atoms with E-state index in [1.165, 1.54) is 12.8 Å². The fourth-order valence-electron chi connectivity index (χ4n) is 3.87. The summed E-state index contributed by atoms with van der Waals surface area (Å²) in [7, 11) is 0. The number of hydrogen-bond acceptors (Lipinski definition) is 5. The van der Waals surface area contributed by atoms with Crippen LogP contribution in [0.5, 0.6) is 5.75 Å². The van der Waals surface area contributed by atoms with E-state index in [1.54, 1.807) is 12.4 Å². The lowest BCUT2D eigenvalue weighted by Crippen LogP contribution is -2.49. The van der Waals surface area contributed by atoms with Crippen LogP contribution < -0.4 is 9.64 Å². The third-order valence-corrected chi connectivity index (χ3v) is 5.88. The molecule has 1 aliphatic carbocycles. The first-order valence-electron chi connectivity index (χ1n) is 10.9. The third-order valence-electron chi connectivity index (χ3n) is 5.88. The van der Waals surface area contributed by atoms with Crippen molar-refractivity contribution in [2.75, 3.05) is 37.7 Å². The fourth-order valence-corrected chi connectivity index (χ4v) is 3.87. The van der Waals surface area contributed by atoms with E-state index in [1.807, 2.05) is 59.5 Å². The summed E-state index contributed by atoms with van der Waals surface area (Å²) in [5.41, 5.74) is 2.37. The lowest BCUT2D eigenvalue weighted by molar-refractivity contribution is 0.0746. The molecule has 0 unspecified atom stereocenters. The Hall–Kier alpha value is -3.41. The number of anilines is 1. The molecular weight excluding hydrogens is 388 g/mol. The molecule has 6 nitrogen and oxygen atoms in total. The first-order valence-corrected chi connectivity index (χ1v) is 10.9. The zero-order valence-electron chi connectivity index (χ0n) is 17.5. The SMILES string of the molecule is O=C(c1ccc(OCC2CC2)c(-c2ccccn2)c1)N1CCN(c2ccccn2)CC1. The average molecular weight is 415 g/mol. The minimum atomic E-state index is 0.0478. The van der Waals surface area contributed by atoms with Gasteiger partial charge in [-0.1, -0.05) is 12.1 Å². The van der Waals surface area contributed by atoms with Crippen molar-refractivity contribution >= 4 is 11.7 Å². The molecule has 3 aromatic rings. The van der Waals surface area contributed by atoms with Crippen molar-refractivity contribution < 1.29 is 9.53 Å². The topological polar surface area (TPSA) is 58.6 Å². The number of aromatic nitrogens is 2. The smallest absolute Gasteiger partial charge is 0.254 e. The molecule has 0 N–H and O–H groups in total. The minimum Gasteiger partial charge on any atom is -0.493 e. The van der Waals surface area contributed by atoms with Crippen LogP contribution in [0.1, 0.15) is 23.2 Å². The second-order valence-corrected chi connectivity index (χ2v) is 8.15. The van der Waals surface area contributed by atoms with Crippen LogP contribution in [0.25, 0.3) is 11.3 Å². The Balaban J connectivity index is 1.33. The molecule has 2 aromatic heterocycles. The van der Waals surface area contributed by atoms with Crippen molar-refractivity contribution in [3.05, 3.63) is 72.6 Å². The van der Waals surface area contributed by atoms with Crippen LogP contribution in [0.3, 0.4) is 0 Å². The number of pyridine rings is 2. The van der Waals surface area contributed by atoms with Crippen LogP contribution in [0.4, 0.5) is 5.82 Å². The van der Waals surface area contributed by atoms with Crippen molar-refractivity contribution in [1.82, 2.24) is 14.9 Å². The molecule has 5 rings (SSSR count). The first-order chi connectivity index (χ1) is 15.3. The van der Waals surface area contributed by atoms with Gasteiger partial charge in [0.25, 0.3) is 5.91 Å². The normalized spacial score (nSPS) is 16.3. The van der Waals surface area contributed by atoms with Gasteiger partial charge in [0.15, 0.2) is 0 Å². The number of amides is 1. The van der Waals surface area contributed by atoms with E-state index in [4.69, 9.17) is 4.74 Å². The molecule has 158 valence electrons. The van der Waals surface area contributed by atoms with Crippen molar-refractivity contribution in [2.24, 2.45) is 5.92 Å². The van der Waals surface area contributed by atoms with E-state index in [0.29, 0.717) is 24.6 Å². The van der Waals surface area contributed by atoms with E-state index in [9.17, 15) is 4.79 Å². The Morgan fingerprint density at radius 2 is 1.71 bits per heavy atom. The van der Waals surface area contributed by atoms with Crippen LogP contribution >= 0.6 is 0 Å². The molecule has 1 aromatic carbocycles. The van der Waals surface area contributed by atoms with Gasteiger partial charge in [0.1, 0.15) is 11.6 Å². The lowest BCUT2D eigenvalue weighted by Gasteiger charge is -2.35. The summed E-state index contributed by atoms with van der Waals surface area (Å²) in [6.07, 6.45) is 6.05. The van der Waals surface area contributed by atoms with Crippen LogP contribution in [-0.4, -0.2) is 53.6 Å². The van der Waals surface area contributed by atoms with E-state index >= 15 is 0 Å². The van der Waals surface area contributed by atoms with Crippen molar-refractivity contribution in [3.63, 3.8) is 0 Å². The zero-order chi connectivity index (χ0) is 21.0. The van der Waals surface area contributed by atoms with Crippen molar-refractivity contribution in [1.29, 1.82) is 0 Å². The van der Waals surface area contributed by atoms with Gasteiger partial charge in [0.2, 0.25) is 0 Å². The van der Waals surface area contributed by atoms with E-state index in [2.05, 4.69) is 14.9 Å². The van der Waals surface area contributed by atoms with Crippen molar-refractivity contribution in [2.45, 2.75) is 12.8 Å². The Kier molecular flexibility index (Phi) is 5.52. The number of benzene rings is 1. The van der Waals surface area contributed by atoms with Gasteiger partial charge in [0, 0.05) is 49.7 Å². The van der Waals surface area contributed by atoms with E-state index in [-0.39, 0.29) is 5.91 Å². The van der Waals surface area contributed by atoms with Gasteiger partial charge in [0.05, 0.1) is 12.3 Å². The Morgan fingerprint density at radius 3 is 2.39 bits per heavy atom. The molecule has 3 heterocycles. The lowest BCUT2D eigenvalue weighted by atomic mass is 10.0. The van der Waals surface area contributed by atoms with Gasteiger partial charge in [-0.15, -0.1) is 0 Å². The van der Waals surface area contributed by atoms with Gasteiger partial charge in [-0.3, -0.25) is 9.78 Å². The number of carbonyl (C=O) groups is 1. The number of nitrogens with zero attached hydrogens (tertiary/aromatic N) is 4. The second-order valence-electron chi connectivity index (χ2n) is 8.15. The maximum absolute atomic E-state index is 13.2. The predicted molar refractivity (Wildman–Crippen MR) is 120 cm³/mol. The van der Waals surface area contributed by atoms with Gasteiger partial charge >= 0.3 is 0 Å². The maximum atomic E-state index is 13.2.